The first-order valence-electron chi connectivity index (χ1n) is 12.1. The van der Waals surface area contributed by atoms with Gasteiger partial charge in [-0.2, -0.15) is 0 Å². The largest absolute Gasteiger partial charge is 0.456 e. The van der Waals surface area contributed by atoms with Crippen LogP contribution in [0.25, 0.3) is 43.9 Å². The van der Waals surface area contributed by atoms with Crippen molar-refractivity contribution in [3.8, 4) is 0 Å². The van der Waals surface area contributed by atoms with Gasteiger partial charge in [-0.15, -0.1) is 0 Å². The molecule has 170 valence electrons. The first-order valence-corrected chi connectivity index (χ1v) is 12.1. The summed E-state index contributed by atoms with van der Waals surface area (Å²) in [5.41, 5.74) is 7.65. The summed E-state index contributed by atoms with van der Waals surface area (Å²) in [7, 11) is 0. The second-order valence-electron chi connectivity index (χ2n) is 11.2. The molecular formula is C32H30O2. The molecular weight excluding hydrogens is 416 g/mol. The molecule has 0 N–H and O–H groups in total. The summed E-state index contributed by atoms with van der Waals surface area (Å²) in [4.78, 5) is 0. The minimum Gasteiger partial charge on any atom is -0.456 e. The summed E-state index contributed by atoms with van der Waals surface area (Å²) in [6.45, 7) is 11.5. The van der Waals surface area contributed by atoms with Crippen LogP contribution in [0.1, 0.15) is 51.3 Å². The van der Waals surface area contributed by atoms with Crippen molar-refractivity contribution in [2.45, 2.75) is 51.9 Å². The van der Waals surface area contributed by atoms with E-state index in [1.54, 1.807) is 0 Å². The van der Waals surface area contributed by atoms with Crippen LogP contribution < -0.4 is 0 Å². The molecule has 0 aliphatic carbocycles. The molecule has 0 aliphatic rings. The van der Waals surface area contributed by atoms with E-state index >= 15 is 0 Å². The SMILES string of the molecule is CC(C)(C)c1ccc(CC(C)(C)c2cccc3oc4ccccc4c23)c2oc3ccccc3c12. The fourth-order valence-electron chi connectivity index (χ4n) is 5.56. The molecule has 0 amide bonds. The molecule has 2 heteroatoms. The number of fused-ring (bicyclic) bond motifs is 6. The summed E-state index contributed by atoms with van der Waals surface area (Å²) >= 11 is 0. The third-order valence-corrected chi connectivity index (χ3v) is 7.18. The summed E-state index contributed by atoms with van der Waals surface area (Å²) in [5, 5.41) is 4.85. The minimum atomic E-state index is -0.124. The Kier molecular flexibility index (Phi) is 4.48. The van der Waals surface area contributed by atoms with Gasteiger partial charge in [0.05, 0.1) is 0 Å². The molecule has 0 atom stereocenters. The molecule has 4 aromatic carbocycles. The molecule has 6 rings (SSSR count). The molecule has 2 nitrogen and oxygen atoms in total. The van der Waals surface area contributed by atoms with Crippen LogP contribution in [0.2, 0.25) is 0 Å². The topological polar surface area (TPSA) is 26.3 Å². The molecule has 0 saturated heterocycles. The highest BCUT2D eigenvalue weighted by Crippen LogP contribution is 2.43. The Morgan fingerprint density at radius 1 is 0.559 bits per heavy atom. The lowest BCUT2D eigenvalue weighted by Gasteiger charge is -2.27. The standard InChI is InChI=1S/C32H30O2/c1-31(2,3)23-18-17-20(30-29(23)22-12-7-9-15-26(22)34-30)19-32(4,5)24-13-10-16-27-28(24)21-11-6-8-14-25(21)33-27/h6-18H,19H2,1-5H3. The van der Waals surface area contributed by atoms with E-state index in [1.165, 1.54) is 38.2 Å². The lowest BCUT2D eigenvalue weighted by Crippen LogP contribution is -2.21. The van der Waals surface area contributed by atoms with E-state index in [0.29, 0.717) is 0 Å². The van der Waals surface area contributed by atoms with E-state index in [2.05, 4.69) is 107 Å². The summed E-state index contributed by atoms with van der Waals surface area (Å²) in [6.07, 6.45) is 0.867. The van der Waals surface area contributed by atoms with Crippen molar-refractivity contribution in [3.05, 3.63) is 95.6 Å². The zero-order chi connectivity index (χ0) is 23.7. The highest BCUT2D eigenvalue weighted by atomic mass is 16.3. The van der Waals surface area contributed by atoms with Crippen molar-refractivity contribution in [2.24, 2.45) is 0 Å². The fraction of sp³-hybridized carbons (Fsp3) is 0.250. The van der Waals surface area contributed by atoms with Crippen LogP contribution in [0.5, 0.6) is 0 Å². The zero-order valence-electron chi connectivity index (χ0n) is 20.5. The first kappa shape index (κ1) is 21.0. The first-order chi connectivity index (χ1) is 16.2. The Morgan fingerprint density at radius 2 is 1.18 bits per heavy atom. The number of hydrogen-bond donors (Lipinski definition) is 0. The van der Waals surface area contributed by atoms with Crippen molar-refractivity contribution in [1.29, 1.82) is 0 Å². The Morgan fingerprint density at radius 3 is 1.88 bits per heavy atom. The van der Waals surface area contributed by atoms with Gasteiger partial charge < -0.3 is 8.83 Å². The van der Waals surface area contributed by atoms with Gasteiger partial charge in [0.25, 0.3) is 0 Å². The van der Waals surface area contributed by atoms with Crippen LogP contribution in [0.4, 0.5) is 0 Å². The van der Waals surface area contributed by atoms with Gasteiger partial charge in [-0.05, 0) is 52.1 Å². The molecule has 6 aromatic rings. The molecule has 0 unspecified atom stereocenters. The molecule has 0 fully saturated rings. The van der Waals surface area contributed by atoms with E-state index in [9.17, 15) is 0 Å². The second-order valence-corrected chi connectivity index (χ2v) is 11.2. The molecule has 34 heavy (non-hydrogen) atoms. The predicted molar refractivity (Wildman–Crippen MR) is 143 cm³/mol. The quantitative estimate of drug-likeness (QED) is 0.271. The molecule has 2 aromatic heterocycles. The van der Waals surface area contributed by atoms with Crippen molar-refractivity contribution in [2.75, 3.05) is 0 Å². The van der Waals surface area contributed by atoms with Gasteiger partial charge in [-0.3, -0.25) is 0 Å². The molecule has 0 saturated carbocycles. The molecule has 2 heterocycles. The smallest absolute Gasteiger partial charge is 0.138 e. The number of hydrogen-bond acceptors (Lipinski definition) is 2. The summed E-state index contributed by atoms with van der Waals surface area (Å²) < 4.78 is 12.7. The average Bonchev–Trinajstić information content (AvgIpc) is 3.37. The Labute approximate surface area is 200 Å². The Hall–Kier alpha value is -3.52. The monoisotopic (exact) mass is 446 g/mol. The van der Waals surface area contributed by atoms with Crippen molar-refractivity contribution < 1.29 is 8.83 Å². The number of rotatable bonds is 3. The van der Waals surface area contributed by atoms with Crippen LogP contribution in [0.15, 0.2) is 87.7 Å². The second kappa shape index (κ2) is 7.24. The third-order valence-electron chi connectivity index (χ3n) is 7.18. The number of para-hydroxylation sites is 2. The van der Waals surface area contributed by atoms with Crippen molar-refractivity contribution in [3.63, 3.8) is 0 Å². The van der Waals surface area contributed by atoms with E-state index in [4.69, 9.17) is 8.83 Å². The van der Waals surface area contributed by atoms with Gasteiger partial charge in [-0.1, -0.05) is 95.3 Å². The van der Waals surface area contributed by atoms with Crippen LogP contribution in [-0.4, -0.2) is 0 Å². The predicted octanol–water partition coefficient (Wildman–Crippen LogP) is 9.30. The van der Waals surface area contributed by atoms with E-state index in [1.807, 2.05) is 6.07 Å². The number of furan rings is 2. The van der Waals surface area contributed by atoms with Gasteiger partial charge in [0.15, 0.2) is 0 Å². The lowest BCUT2D eigenvalue weighted by molar-refractivity contribution is 0.522. The Balaban J connectivity index is 1.56. The van der Waals surface area contributed by atoms with Gasteiger partial charge in [-0.25, -0.2) is 0 Å². The molecule has 0 bridgehead atoms. The maximum absolute atomic E-state index is 6.53. The van der Waals surface area contributed by atoms with Crippen LogP contribution in [0, 0.1) is 0 Å². The normalized spacial score (nSPS) is 13.0. The van der Waals surface area contributed by atoms with Crippen LogP contribution >= 0.6 is 0 Å². The van der Waals surface area contributed by atoms with Crippen LogP contribution in [-0.2, 0) is 17.3 Å². The van der Waals surface area contributed by atoms with Gasteiger partial charge in [0.1, 0.15) is 22.3 Å². The Bertz CT molecular complexity index is 1690. The lowest BCUT2D eigenvalue weighted by atomic mass is 9.76. The molecule has 0 radical (unpaired) electrons. The van der Waals surface area contributed by atoms with Gasteiger partial charge in [0, 0.05) is 21.5 Å². The summed E-state index contributed by atoms with van der Waals surface area (Å²) in [6, 6.07) is 27.8. The van der Waals surface area contributed by atoms with Crippen molar-refractivity contribution >= 4 is 43.9 Å². The highest BCUT2D eigenvalue weighted by molar-refractivity contribution is 6.09. The van der Waals surface area contributed by atoms with Gasteiger partial charge in [0.2, 0.25) is 0 Å². The molecule has 0 aliphatic heterocycles. The fourth-order valence-corrected chi connectivity index (χ4v) is 5.56. The van der Waals surface area contributed by atoms with E-state index < -0.39 is 0 Å². The maximum atomic E-state index is 6.53. The average molecular weight is 447 g/mol. The maximum Gasteiger partial charge on any atom is 0.138 e. The molecule has 0 spiro atoms. The highest BCUT2D eigenvalue weighted by Gasteiger charge is 2.29. The number of benzene rings is 4. The van der Waals surface area contributed by atoms with E-state index in [0.717, 1.165) is 28.8 Å². The van der Waals surface area contributed by atoms with Gasteiger partial charge >= 0.3 is 0 Å². The van der Waals surface area contributed by atoms with Crippen LogP contribution in [0.3, 0.4) is 0 Å². The summed E-state index contributed by atoms with van der Waals surface area (Å²) in [5.74, 6) is 0. The zero-order valence-corrected chi connectivity index (χ0v) is 20.5. The minimum absolute atomic E-state index is 0.0280. The third kappa shape index (κ3) is 3.16. The van der Waals surface area contributed by atoms with Crippen molar-refractivity contribution in [1.82, 2.24) is 0 Å². The van der Waals surface area contributed by atoms with E-state index in [-0.39, 0.29) is 10.8 Å².